The maximum Gasteiger partial charge on any atom is 0.416 e. The molecule has 1 fully saturated rings. The zero-order chi connectivity index (χ0) is 10.8. The molecule has 0 amide bonds. The molecule has 0 spiro atoms. The zero-order valence-electron chi connectivity index (χ0n) is 7.75. The summed E-state index contributed by atoms with van der Waals surface area (Å²) >= 11 is 0. The van der Waals surface area contributed by atoms with Crippen LogP contribution in [0.15, 0.2) is 18.2 Å². The van der Waals surface area contributed by atoms with Crippen LogP contribution in [0.5, 0.6) is 0 Å². The molecule has 0 bridgehead atoms. The first-order valence-electron chi connectivity index (χ1n) is 4.88. The number of benzene rings is 1. The normalized spacial score (nSPS) is 32.4. The quantitative estimate of drug-likeness (QED) is 0.704. The molecule has 80 valence electrons. The summed E-state index contributed by atoms with van der Waals surface area (Å²) in [5, 5.41) is 9.71. The SMILES string of the molecule is OC1c2cccc(C(F)(F)F)c2C2CC12. The fraction of sp³-hybridized carbons (Fsp3) is 0.455. The molecule has 0 radical (unpaired) electrons. The van der Waals surface area contributed by atoms with E-state index in [0.717, 1.165) is 6.07 Å². The Bertz CT molecular complexity index is 424. The minimum atomic E-state index is -4.30. The highest BCUT2D eigenvalue weighted by molar-refractivity contribution is 5.49. The zero-order valence-corrected chi connectivity index (χ0v) is 7.75. The van der Waals surface area contributed by atoms with Crippen LogP contribution >= 0.6 is 0 Å². The number of hydrogen-bond acceptors (Lipinski definition) is 1. The van der Waals surface area contributed by atoms with E-state index in [1.165, 1.54) is 6.07 Å². The average Bonchev–Trinajstić information content (AvgIpc) is 2.89. The van der Waals surface area contributed by atoms with Crippen LogP contribution in [0, 0.1) is 5.92 Å². The summed E-state index contributed by atoms with van der Waals surface area (Å²) < 4.78 is 38.0. The van der Waals surface area contributed by atoms with Crippen molar-refractivity contribution in [2.75, 3.05) is 0 Å². The lowest BCUT2D eigenvalue weighted by molar-refractivity contribution is -0.138. The van der Waals surface area contributed by atoms with Crippen molar-refractivity contribution in [3.8, 4) is 0 Å². The highest BCUT2D eigenvalue weighted by atomic mass is 19.4. The van der Waals surface area contributed by atoms with Crippen LogP contribution in [-0.2, 0) is 6.18 Å². The molecule has 0 heterocycles. The van der Waals surface area contributed by atoms with Gasteiger partial charge in [0.15, 0.2) is 0 Å². The fourth-order valence-electron chi connectivity index (χ4n) is 2.63. The number of aliphatic hydroxyl groups is 1. The summed E-state index contributed by atoms with van der Waals surface area (Å²) in [5.74, 6) is -0.0312. The Morgan fingerprint density at radius 3 is 2.67 bits per heavy atom. The van der Waals surface area contributed by atoms with E-state index >= 15 is 0 Å². The molecule has 0 aliphatic heterocycles. The molecule has 3 unspecified atom stereocenters. The van der Waals surface area contributed by atoms with Gasteiger partial charge in [-0.25, -0.2) is 0 Å². The van der Waals surface area contributed by atoms with Gasteiger partial charge in [-0.3, -0.25) is 0 Å². The van der Waals surface area contributed by atoms with Crippen molar-refractivity contribution in [3.63, 3.8) is 0 Å². The Morgan fingerprint density at radius 2 is 2.00 bits per heavy atom. The number of fused-ring (bicyclic) bond motifs is 3. The van der Waals surface area contributed by atoms with Crippen molar-refractivity contribution in [3.05, 3.63) is 34.9 Å². The van der Waals surface area contributed by atoms with Gasteiger partial charge in [0.2, 0.25) is 0 Å². The molecule has 0 aromatic heterocycles. The molecule has 4 heteroatoms. The van der Waals surface area contributed by atoms with Crippen molar-refractivity contribution in [2.45, 2.75) is 24.6 Å². The van der Waals surface area contributed by atoms with E-state index in [2.05, 4.69) is 0 Å². The van der Waals surface area contributed by atoms with Gasteiger partial charge in [0.05, 0.1) is 11.7 Å². The van der Waals surface area contributed by atoms with Crippen LogP contribution in [0.1, 0.15) is 35.1 Å². The molecule has 1 aromatic carbocycles. The van der Waals surface area contributed by atoms with Gasteiger partial charge in [0.1, 0.15) is 0 Å². The van der Waals surface area contributed by atoms with Crippen molar-refractivity contribution >= 4 is 0 Å². The highest BCUT2D eigenvalue weighted by Crippen LogP contribution is 2.63. The van der Waals surface area contributed by atoms with E-state index in [4.69, 9.17) is 0 Å². The van der Waals surface area contributed by atoms with E-state index < -0.39 is 17.8 Å². The number of rotatable bonds is 0. The summed E-state index contributed by atoms with van der Waals surface area (Å²) in [4.78, 5) is 0. The third kappa shape index (κ3) is 1.14. The molecule has 1 saturated carbocycles. The molecular formula is C11H9F3O. The second-order valence-electron chi connectivity index (χ2n) is 4.26. The van der Waals surface area contributed by atoms with Gasteiger partial charge >= 0.3 is 6.18 Å². The smallest absolute Gasteiger partial charge is 0.388 e. The largest absolute Gasteiger partial charge is 0.416 e. The van der Waals surface area contributed by atoms with Crippen molar-refractivity contribution in [1.29, 1.82) is 0 Å². The summed E-state index contributed by atoms with van der Waals surface area (Å²) in [7, 11) is 0. The Kier molecular flexibility index (Phi) is 1.57. The number of alkyl halides is 3. The average molecular weight is 214 g/mol. The van der Waals surface area contributed by atoms with Gasteiger partial charge in [-0.15, -0.1) is 0 Å². The van der Waals surface area contributed by atoms with Crippen molar-refractivity contribution in [2.24, 2.45) is 5.92 Å². The number of aliphatic hydroxyl groups excluding tert-OH is 1. The van der Waals surface area contributed by atoms with Gasteiger partial charge in [-0.05, 0) is 35.4 Å². The third-order valence-electron chi connectivity index (χ3n) is 3.38. The van der Waals surface area contributed by atoms with Gasteiger partial charge < -0.3 is 5.11 Å². The maximum absolute atomic E-state index is 12.7. The van der Waals surface area contributed by atoms with E-state index in [1.54, 1.807) is 6.07 Å². The Labute approximate surface area is 84.5 Å². The minimum absolute atomic E-state index is 0.0310. The van der Waals surface area contributed by atoms with Crippen LogP contribution in [0.3, 0.4) is 0 Å². The first-order chi connectivity index (χ1) is 7.00. The molecule has 15 heavy (non-hydrogen) atoms. The second-order valence-corrected chi connectivity index (χ2v) is 4.26. The van der Waals surface area contributed by atoms with Crippen LogP contribution in [-0.4, -0.2) is 5.11 Å². The van der Waals surface area contributed by atoms with E-state index in [0.29, 0.717) is 17.5 Å². The van der Waals surface area contributed by atoms with Gasteiger partial charge in [-0.1, -0.05) is 12.1 Å². The van der Waals surface area contributed by atoms with E-state index in [9.17, 15) is 18.3 Å². The third-order valence-corrected chi connectivity index (χ3v) is 3.38. The Morgan fingerprint density at radius 1 is 1.27 bits per heavy atom. The summed E-state index contributed by atoms with van der Waals surface area (Å²) in [5.41, 5.74) is 0.248. The van der Waals surface area contributed by atoms with Crippen molar-refractivity contribution in [1.82, 2.24) is 0 Å². The predicted molar refractivity (Wildman–Crippen MR) is 47.3 cm³/mol. The van der Waals surface area contributed by atoms with Crippen LogP contribution in [0.4, 0.5) is 13.2 Å². The summed E-state index contributed by atoms with van der Waals surface area (Å²) in [6, 6.07) is 4.07. The monoisotopic (exact) mass is 214 g/mol. The first-order valence-corrected chi connectivity index (χ1v) is 4.88. The lowest BCUT2D eigenvalue weighted by Gasteiger charge is -2.14. The molecule has 3 rings (SSSR count). The predicted octanol–water partition coefficient (Wildman–Crippen LogP) is 2.86. The number of hydrogen-bond donors (Lipinski definition) is 1. The minimum Gasteiger partial charge on any atom is -0.388 e. The number of halogens is 3. The summed E-state index contributed by atoms with van der Waals surface area (Å²) in [6.07, 6.45) is -4.30. The molecule has 3 atom stereocenters. The standard InChI is InChI=1S/C11H9F3O/c12-11(13,14)8-3-1-2-5-9(8)6-4-7(6)10(5)15/h1-3,6-7,10,15H,4H2. The Hall–Kier alpha value is -1.03. The Balaban J connectivity index is 2.20. The molecule has 2 aliphatic carbocycles. The molecule has 1 aromatic rings. The lowest BCUT2D eigenvalue weighted by Crippen LogP contribution is -2.09. The van der Waals surface area contributed by atoms with E-state index in [-0.39, 0.29) is 11.8 Å². The van der Waals surface area contributed by atoms with Crippen LogP contribution in [0.25, 0.3) is 0 Å². The molecule has 2 aliphatic rings. The second kappa shape index (κ2) is 2.55. The van der Waals surface area contributed by atoms with Crippen molar-refractivity contribution < 1.29 is 18.3 Å². The van der Waals surface area contributed by atoms with E-state index in [1.807, 2.05) is 0 Å². The van der Waals surface area contributed by atoms with Gasteiger partial charge in [0, 0.05) is 0 Å². The van der Waals surface area contributed by atoms with Gasteiger partial charge in [0.25, 0.3) is 0 Å². The van der Waals surface area contributed by atoms with Crippen LogP contribution in [0.2, 0.25) is 0 Å². The molecular weight excluding hydrogens is 205 g/mol. The van der Waals surface area contributed by atoms with Crippen LogP contribution < -0.4 is 0 Å². The first kappa shape index (κ1) is 9.21. The fourth-order valence-corrected chi connectivity index (χ4v) is 2.63. The summed E-state index contributed by atoms with van der Waals surface area (Å²) in [6.45, 7) is 0. The lowest BCUT2D eigenvalue weighted by atomic mass is 9.98. The maximum atomic E-state index is 12.7. The highest BCUT2D eigenvalue weighted by Gasteiger charge is 2.54. The van der Waals surface area contributed by atoms with Gasteiger partial charge in [-0.2, -0.15) is 13.2 Å². The molecule has 1 N–H and O–H groups in total. The molecule has 0 saturated heterocycles. The topological polar surface area (TPSA) is 20.2 Å². The molecule has 1 nitrogen and oxygen atoms in total.